The molecule has 0 fully saturated rings. The van der Waals surface area contributed by atoms with Gasteiger partial charge in [0.15, 0.2) is 0 Å². The Labute approximate surface area is 398 Å². The van der Waals surface area contributed by atoms with Crippen LogP contribution in [0.15, 0.2) is 170 Å². The lowest BCUT2D eigenvalue weighted by Gasteiger charge is -2.25. The van der Waals surface area contributed by atoms with Gasteiger partial charge in [-0.1, -0.05) is 151 Å². The molecule has 0 saturated heterocycles. The van der Waals surface area contributed by atoms with E-state index in [4.69, 9.17) is 0 Å². The lowest BCUT2D eigenvalue weighted by atomic mass is 9.78. The van der Waals surface area contributed by atoms with Gasteiger partial charge < -0.3 is 0 Å². The molecular formula is C65H46S2. The topological polar surface area (TPSA) is 0 Å². The Morgan fingerprint density at radius 2 is 0.567 bits per heavy atom. The van der Waals surface area contributed by atoms with Crippen LogP contribution in [-0.4, -0.2) is 0 Å². The highest BCUT2D eigenvalue weighted by Crippen LogP contribution is 2.62. The summed E-state index contributed by atoms with van der Waals surface area (Å²) in [6.45, 7) is 14.8. The van der Waals surface area contributed by atoms with Crippen molar-refractivity contribution in [1.82, 2.24) is 0 Å². The zero-order valence-electron chi connectivity index (χ0n) is 38.5. The van der Waals surface area contributed by atoms with Crippen LogP contribution < -0.4 is 0 Å². The van der Waals surface area contributed by atoms with Crippen LogP contribution in [0.4, 0.5) is 0 Å². The molecule has 0 saturated carbocycles. The molecule has 2 heteroatoms. The fourth-order valence-corrected chi connectivity index (χ4v) is 15.6. The molecule has 12 aromatic rings. The first-order valence-corrected chi connectivity index (χ1v) is 25.5. The highest BCUT2D eigenvalue weighted by atomic mass is 32.1. The van der Waals surface area contributed by atoms with Crippen LogP contribution in [0.2, 0.25) is 0 Å². The molecular weight excluding hydrogens is 845 g/mol. The molecule has 0 N–H and O–H groups in total. The van der Waals surface area contributed by atoms with Gasteiger partial charge in [0, 0.05) is 56.6 Å². The van der Waals surface area contributed by atoms with E-state index in [2.05, 4.69) is 211 Å². The summed E-state index contributed by atoms with van der Waals surface area (Å²) in [6, 6.07) is 65.6. The maximum absolute atomic E-state index is 2.61. The number of thiophene rings is 2. The van der Waals surface area contributed by atoms with Gasteiger partial charge in [-0.05, 0) is 171 Å². The second-order valence-corrected chi connectivity index (χ2v) is 23.3. The molecule has 0 nitrogen and oxygen atoms in total. The molecule has 0 aliphatic heterocycles. The zero-order chi connectivity index (χ0) is 44.9. The van der Waals surface area contributed by atoms with Gasteiger partial charge in [0.05, 0.1) is 0 Å². The van der Waals surface area contributed by atoms with E-state index in [1.54, 1.807) is 0 Å². The number of hydrogen-bond donors (Lipinski definition) is 0. The first kappa shape index (κ1) is 38.3. The van der Waals surface area contributed by atoms with Crippen molar-refractivity contribution in [2.24, 2.45) is 0 Å². The smallest absolute Gasteiger partial charge is 0.0361 e. The van der Waals surface area contributed by atoms with Crippen LogP contribution in [0.1, 0.15) is 74.9 Å². The average Bonchev–Trinajstić information content (AvgIpc) is 4.09. The molecule has 0 atom stereocenters. The summed E-state index contributed by atoms with van der Waals surface area (Å²) in [5.41, 5.74) is 21.7. The van der Waals surface area contributed by atoms with Gasteiger partial charge in [0.25, 0.3) is 0 Å². The van der Waals surface area contributed by atoms with Gasteiger partial charge in [-0.2, -0.15) is 0 Å². The summed E-state index contributed by atoms with van der Waals surface area (Å²) in [4.78, 5) is 0. The molecule has 15 rings (SSSR count). The van der Waals surface area contributed by atoms with Gasteiger partial charge >= 0.3 is 0 Å². The third-order valence-electron chi connectivity index (χ3n) is 16.7. The SMILES string of the molecule is CC1(C)c2cc3c(cc2-c2cc4c(cc21)-c1c(cc(-c2cccc5sc6ccccc6c25)c2ccccc12)C4(C)C)C(C)(C)c1cc(-c2cccc4sc5ccccc5c24)c2ccccc2c1-3. The molecule has 0 bridgehead atoms. The van der Waals surface area contributed by atoms with Crippen LogP contribution in [0.25, 0.3) is 118 Å². The second kappa shape index (κ2) is 12.8. The van der Waals surface area contributed by atoms with Gasteiger partial charge in [0.2, 0.25) is 0 Å². The second-order valence-electron chi connectivity index (χ2n) is 21.1. The highest BCUT2D eigenvalue weighted by molar-refractivity contribution is 7.26. The lowest BCUT2D eigenvalue weighted by molar-refractivity contribution is 0.649. The fraction of sp³-hybridized carbons (Fsp3) is 0.138. The molecule has 3 aliphatic carbocycles. The van der Waals surface area contributed by atoms with Crippen molar-refractivity contribution in [3.8, 4) is 55.6 Å². The summed E-state index contributed by atoms with van der Waals surface area (Å²) < 4.78 is 5.38. The monoisotopic (exact) mass is 890 g/mol. The third kappa shape index (κ3) is 4.78. The maximum Gasteiger partial charge on any atom is 0.0361 e. The molecule has 2 heterocycles. The number of rotatable bonds is 2. The largest absolute Gasteiger partial charge is 0.135 e. The molecule has 10 aromatic carbocycles. The van der Waals surface area contributed by atoms with Crippen LogP contribution in [0, 0.1) is 0 Å². The van der Waals surface area contributed by atoms with E-state index in [0.29, 0.717) is 0 Å². The Bertz CT molecular complexity index is 3970. The first-order chi connectivity index (χ1) is 32.5. The van der Waals surface area contributed by atoms with E-state index in [-0.39, 0.29) is 16.2 Å². The van der Waals surface area contributed by atoms with E-state index in [9.17, 15) is 0 Å². The number of benzene rings is 10. The van der Waals surface area contributed by atoms with Gasteiger partial charge in [-0.3, -0.25) is 0 Å². The molecule has 0 radical (unpaired) electrons. The van der Waals surface area contributed by atoms with E-state index >= 15 is 0 Å². The van der Waals surface area contributed by atoms with Crippen LogP contribution in [-0.2, 0) is 16.2 Å². The maximum atomic E-state index is 2.61. The number of fused-ring (bicyclic) bond motifs is 19. The van der Waals surface area contributed by atoms with Crippen molar-refractivity contribution in [3.63, 3.8) is 0 Å². The summed E-state index contributed by atoms with van der Waals surface area (Å²) >= 11 is 3.80. The minimum absolute atomic E-state index is 0.189. The summed E-state index contributed by atoms with van der Waals surface area (Å²) in [7, 11) is 0. The number of hydrogen-bond acceptors (Lipinski definition) is 2. The molecule has 3 aliphatic rings. The van der Waals surface area contributed by atoms with Gasteiger partial charge in [-0.15, -0.1) is 22.7 Å². The Hall–Kier alpha value is -6.84. The lowest BCUT2D eigenvalue weighted by Crippen LogP contribution is -2.17. The third-order valence-corrected chi connectivity index (χ3v) is 18.9. The molecule has 0 amide bonds. The van der Waals surface area contributed by atoms with Crippen LogP contribution in [0.5, 0.6) is 0 Å². The normalized spacial score (nSPS) is 15.7. The summed E-state index contributed by atoms with van der Waals surface area (Å²) in [6.07, 6.45) is 0. The predicted octanol–water partition coefficient (Wildman–Crippen LogP) is 19.0. The van der Waals surface area contributed by atoms with E-state index in [0.717, 1.165) is 0 Å². The van der Waals surface area contributed by atoms with E-state index in [1.807, 2.05) is 22.7 Å². The molecule has 318 valence electrons. The van der Waals surface area contributed by atoms with Crippen molar-refractivity contribution in [2.75, 3.05) is 0 Å². The fourth-order valence-electron chi connectivity index (χ4n) is 13.3. The molecule has 0 unspecified atom stereocenters. The standard InChI is InChI=1S/C65H46S2/c1-63(2)49-33-47-51(64(3,4)53-29-43(35-17-7-9-19-37(35)59(47)53)39-23-15-27-57-61(39)41-21-11-13-25-55(41)66-57)31-45(49)46-32-52-48(34-50(46)63)60-38-20-10-8-18-36(38)44(30-54(60)65(52,5)6)40-24-16-28-58-62(40)42-22-12-14-26-56(42)67-58/h7-34H,1-6H3. The Morgan fingerprint density at radius 1 is 0.254 bits per heavy atom. The average molecular weight is 891 g/mol. The minimum atomic E-state index is -0.200. The Morgan fingerprint density at radius 3 is 1.00 bits per heavy atom. The van der Waals surface area contributed by atoms with Crippen molar-refractivity contribution >= 4 is 84.6 Å². The highest BCUT2D eigenvalue weighted by Gasteiger charge is 2.45. The van der Waals surface area contributed by atoms with Crippen molar-refractivity contribution < 1.29 is 0 Å². The van der Waals surface area contributed by atoms with Crippen molar-refractivity contribution in [2.45, 2.75) is 57.8 Å². The first-order valence-electron chi connectivity index (χ1n) is 23.8. The molecule has 0 spiro atoms. The molecule has 2 aromatic heterocycles. The predicted molar refractivity (Wildman–Crippen MR) is 291 cm³/mol. The van der Waals surface area contributed by atoms with Crippen molar-refractivity contribution in [1.29, 1.82) is 0 Å². The molecule has 67 heavy (non-hydrogen) atoms. The van der Waals surface area contributed by atoms with Gasteiger partial charge in [0.1, 0.15) is 0 Å². The van der Waals surface area contributed by atoms with Crippen LogP contribution in [0.3, 0.4) is 0 Å². The van der Waals surface area contributed by atoms with Crippen LogP contribution >= 0.6 is 22.7 Å². The Balaban J connectivity index is 0.922. The van der Waals surface area contributed by atoms with E-state index < -0.39 is 0 Å². The van der Waals surface area contributed by atoms with Gasteiger partial charge in [-0.25, -0.2) is 0 Å². The summed E-state index contributed by atoms with van der Waals surface area (Å²) in [5.74, 6) is 0. The Kier molecular flexibility index (Phi) is 7.30. The quantitative estimate of drug-likeness (QED) is 0.162. The minimum Gasteiger partial charge on any atom is -0.135 e. The van der Waals surface area contributed by atoms with Crippen molar-refractivity contribution in [3.05, 3.63) is 203 Å². The zero-order valence-corrected chi connectivity index (χ0v) is 40.1. The van der Waals surface area contributed by atoms with E-state index in [1.165, 1.54) is 151 Å². The summed E-state index contributed by atoms with van der Waals surface area (Å²) in [5, 5.41) is 10.8.